The number of alkyl halides is 1. The summed E-state index contributed by atoms with van der Waals surface area (Å²) in [7, 11) is 0. The van der Waals surface area contributed by atoms with Crippen LogP contribution in [0.5, 0.6) is 0 Å². The number of benzene rings is 2. The first kappa shape index (κ1) is 17.8. The highest BCUT2D eigenvalue weighted by Gasteiger charge is 1.99. The Hall–Kier alpha value is -0.300. The standard InChI is InChI=1S/C7H5Br2F.C7H6BrFO/c8-4-5-3-6(10)1-2-7(5)9;8-7-2-1-6(9)3-5(7)4-10/h1-3H,4H2;1-3,10H,4H2. The Balaban J connectivity index is 0.000000200. The van der Waals surface area contributed by atoms with Crippen LogP contribution < -0.4 is 0 Å². The Bertz CT molecular complexity index is 525. The zero-order valence-corrected chi connectivity index (χ0v) is 15.0. The molecule has 20 heavy (non-hydrogen) atoms. The van der Waals surface area contributed by atoms with Crippen molar-refractivity contribution in [3.8, 4) is 0 Å². The molecule has 0 spiro atoms. The Labute approximate surface area is 141 Å². The van der Waals surface area contributed by atoms with Crippen molar-refractivity contribution in [1.82, 2.24) is 0 Å². The molecule has 0 aliphatic rings. The fraction of sp³-hybridized carbons (Fsp3) is 0.143. The molecule has 0 atom stereocenters. The second-order valence-corrected chi connectivity index (χ2v) is 6.03. The third-order valence-electron chi connectivity index (χ3n) is 2.33. The predicted octanol–water partition coefficient (Wildman–Crippen LogP) is 5.56. The molecular weight excluding hydrogens is 462 g/mol. The van der Waals surface area contributed by atoms with E-state index in [0.29, 0.717) is 10.9 Å². The summed E-state index contributed by atoms with van der Waals surface area (Å²) >= 11 is 9.70. The van der Waals surface area contributed by atoms with Crippen LogP contribution in [0.25, 0.3) is 0 Å². The van der Waals surface area contributed by atoms with E-state index in [0.717, 1.165) is 14.5 Å². The third kappa shape index (κ3) is 5.60. The van der Waals surface area contributed by atoms with Gasteiger partial charge in [-0.15, -0.1) is 0 Å². The summed E-state index contributed by atoms with van der Waals surface area (Å²) in [5.41, 5.74) is 1.50. The average Bonchev–Trinajstić information content (AvgIpc) is 2.44. The van der Waals surface area contributed by atoms with Gasteiger partial charge in [-0.25, -0.2) is 8.78 Å². The number of hydrogen-bond acceptors (Lipinski definition) is 1. The highest BCUT2D eigenvalue weighted by Crippen LogP contribution is 2.19. The van der Waals surface area contributed by atoms with Crippen LogP contribution >= 0.6 is 47.8 Å². The summed E-state index contributed by atoms with van der Waals surface area (Å²) in [6.07, 6.45) is 0. The molecular formula is C14H11Br3F2O. The highest BCUT2D eigenvalue weighted by atomic mass is 79.9. The van der Waals surface area contributed by atoms with E-state index in [4.69, 9.17) is 5.11 Å². The zero-order valence-electron chi connectivity index (χ0n) is 10.2. The number of aliphatic hydroxyl groups excluding tert-OH is 1. The smallest absolute Gasteiger partial charge is 0.123 e. The van der Waals surface area contributed by atoms with Gasteiger partial charge in [0, 0.05) is 14.3 Å². The van der Waals surface area contributed by atoms with Gasteiger partial charge in [-0.1, -0.05) is 47.8 Å². The van der Waals surface area contributed by atoms with Gasteiger partial charge in [-0.2, -0.15) is 0 Å². The van der Waals surface area contributed by atoms with Crippen molar-refractivity contribution >= 4 is 47.8 Å². The van der Waals surface area contributed by atoms with E-state index in [-0.39, 0.29) is 18.2 Å². The van der Waals surface area contributed by atoms with Crippen molar-refractivity contribution in [1.29, 1.82) is 0 Å². The maximum atomic E-state index is 12.5. The van der Waals surface area contributed by atoms with Gasteiger partial charge >= 0.3 is 0 Å². The average molecular weight is 473 g/mol. The topological polar surface area (TPSA) is 20.2 Å². The van der Waals surface area contributed by atoms with Crippen molar-refractivity contribution in [2.75, 3.05) is 0 Å². The van der Waals surface area contributed by atoms with Crippen LogP contribution in [0.3, 0.4) is 0 Å². The number of halogens is 5. The lowest BCUT2D eigenvalue weighted by molar-refractivity contribution is 0.280. The summed E-state index contributed by atoms with van der Waals surface area (Å²) in [4.78, 5) is 0. The van der Waals surface area contributed by atoms with Crippen LogP contribution in [0.2, 0.25) is 0 Å². The summed E-state index contributed by atoms with van der Waals surface area (Å²) in [6.45, 7) is -0.141. The minimum Gasteiger partial charge on any atom is -0.392 e. The molecule has 1 nitrogen and oxygen atoms in total. The van der Waals surface area contributed by atoms with Gasteiger partial charge in [0.25, 0.3) is 0 Å². The first-order valence-corrected chi connectivity index (χ1v) is 8.23. The Morgan fingerprint density at radius 3 is 1.65 bits per heavy atom. The lowest BCUT2D eigenvalue weighted by Crippen LogP contribution is -1.85. The summed E-state index contributed by atoms with van der Waals surface area (Å²) in [5, 5.41) is 9.32. The summed E-state index contributed by atoms with van der Waals surface area (Å²) < 4.78 is 26.6. The number of aliphatic hydroxyl groups is 1. The fourth-order valence-corrected chi connectivity index (χ4v) is 2.91. The zero-order chi connectivity index (χ0) is 15.1. The molecule has 0 heterocycles. The van der Waals surface area contributed by atoms with Crippen LogP contribution in [-0.4, -0.2) is 5.11 Å². The third-order valence-corrected chi connectivity index (χ3v) is 4.48. The van der Waals surface area contributed by atoms with Crippen molar-refractivity contribution in [2.45, 2.75) is 11.9 Å². The number of rotatable bonds is 2. The molecule has 0 unspecified atom stereocenters. The van der Waals surface area contributed by atoms with E-state index >= 15 is 0 Å². The molecule has 0 saturated carbocycles. The Morgan fingerprint density at radius 1 is 0.850 bits per heavy atom. The van der Waals surface area contributed by atoms with Gasteiger partial charge in [-0.3, -0.25) is 0 Å². The Morgan fingerprint density at radius 2 is 1.30 bits per heavy atom. The van der Waals surface area contributed by atoms with E-state index < -0.39 is 0 Å². The Kier molecular flexibility index (Phi) is 7.87. The molecule has 0 saturated heterocycles. The van der Waals surface area contributed by atoms with Gasteiger partial charge in [0.05, 0.1) is 6.61 Å². The number of hydrogen-bond donors (Lipinski definition) is 1. The van der Waals surface area contributed by atoms with E-state index in [1.807, 2.05) is 0 Å². The molecule has 0 aliphatic carbocycles. The predicted molar refractivity (Wildman–Crippen MR) is 86.8 cm³/mol. The lowest BCUT2D eigenvalue weighted by Gasteiger charge is -1.98. The summed E-state index contributed by atoms with van der Waals surface area (Å²) in [6, 6.07) is 8.83. The van der Waals surface area contributed by atoms with Gasteiger partial charge < -0.3 is 5.11 Å². The first-order valence-electron chi connectivity index (χ1n) is 5.52. The molecule has 0 aliphatic heterocycles. The van der Waals surface area contributed by atoms with Crippen LogP contribution in [0.15, 0.2) is 45.3 Å². The minimum absolute atomic E-state index is 0.141. The quantitative estimate of drug-likeness (QED) is 0.567. The second kappa shape index (κ2) is 8.87. The molecule has 6 heteroatoms. The molecule has 2 aromatic carbocycles. The molecule has 0 fully saturated rings. The molecule has 0 amide bonds. The van der Waals surface area contributed by atoms with E-state index in [9.17, 15) is 8.78 Å². The van der Waals surface area contributed by atoms with Crippen molar-refractivity contribution in [3.05, 3.63) is 68.1 Å². The normalized spacial score (nSPS) is 9.90. The van der Waals surface area contributed by atoms with Crippen LogP contribution in [0.4, 0.5) is 8.78 Å². The van der Waals surface area contributed by atoms with Crippen molar-refractivity contribution in [2.24, 2.45) is 0 Å². The van der Waals surface area contributed by atoms with E-state index in [1.54, 1.807) is 12.1 Å². The van der Waals surface area contributed by atoms with E-state index in [2.05, 4.69) is 47.8 Å². The van der Waals surface area contributed by atoms with Crippen LogP contribution in [0, 0.1) is 11.6 Å². The molecule has 2 aromatic rings. The maximum Gasteiger partial charge on any atom is 0.123 e. The molecule has 0 radical (unpaired) electrons. The van der Waals surface area contributed by atoms with Gasteiger partial charge in [0.1, 0.15) is 11.6 Å². The monoisotopic (exact) mass is 470 g/mol. The molecule has 0 bridgehead atoms. The second-order valence-electron chi connectivity index (χ2n) is 3.76. The maximum absolute atomic E-state index is 12.5. The van der Waals surface area contributed by atoms with Gasteiger partial charge in [0.2, 0.25) is 0 Å². The summed E-state index contributed by atoms with van der Waals surface area (Å²) in [5.74, 6) is -0.523. The van der Waals surface area contributed by atoms with Crippen molar-refractivity contribution < 1.29 is 13.9 Å². The minimum atomic E-state index is -0.327. The lowest BCUT2D eigenvalue weighted by atomic mass is 10.2. The highest BCUT2D eigenvalue weighted by molar-refractivity contribution is 9.11. The SMILES string of the molecule is Fc1ccc(Br)c(CBr)c1.OCc1cc(F)ccc1Br. The molecule has 2 rings (SSSR count). The van der Waals surface area contributed by atoms with Crippen LogP contribution in [-0.2, 0) is 11.9 Å². The van der Waals surface area contributed by atoms with E-state index in [1.165, 1.54) is 24.3 Å². The van der Waals surface area contributed by atoms with Gasteiger partial charge in [-0.05, 0) is 47.5 Å². The molecule has 0 aromatic heterocycles. The molecule has 108 valence electrons. The van der Waals surface area contributed by atoms with Crippen LogP contribution in [0.1, 0.15) is 11.1 Å². The first-order chi connectivity index (χ1) is 9.47. The molecule has 1 N–H and O–H groups in total. The van der Waals surface area contributed by atoms with Crippen molar-refractivity contribution in [3.63, 3.8) is 0 Å². The van der Waals surface area contributed by atoms with Gasteiger partial charge in [0.15, 0.2) is 0 Å². The largest absolute Gasteiger partial charge is 0.392 e. The fourth-order valence-electron chi connectivity index (χ4n) is 1.31.